The first kappa shape index (κ1) is 17.5. The van der Waals surface area contributed by atoms with E-state index in [0.717, 1.165) is 16.5 Å². The number of ether oxygens (including phenoxy) is 1. The Balaban J connectivity index is 1.52. The van der Waals surface area contributed by atoms with E-state index < -0.39 is 5.97 Å². The minimum atomic E-state index is -0.884. The number of nitrogens with one attached hydrogen (secondary N) is 1. The summed E-state index contributed by atoms with van der Waals surface area (Å²) in [6.07, 6.45) is 0.392. The summed E-state index contributed by atoms with van der Waals surface area (Å²) < 4.78 is 11.2. The van der Waals surface area contributed by atoms with Gasteiger partial charge in [-0.2, -0.15) is 0 Å². The van der Waals surface area contributed by atoms with Crippen molar-refractivity contribution in [3.05, 3.63) is 66.1 Å². The number of rotatable bonds is 8. The normalized spacial score (nSPS) is 10.6. The van der Waals surface area contributed by atoms with Gasteiger partial charge >= 0.3 is 5.97 Å². The summed E-state index contributed by atoms with van der Waals surface area (Å²) in [5, 5.41) is 13.4. The van der Waals surface area contributed by atoms with Gasteiger partial charge < -0.3 is 19.6 Å². The van der Waals surface area contributed by atoms with Crippen molar-refractivity contribution in [2.75, 3.05) is 6.54 Å². The summed E-state index contributed by atoms with van der Waals surface area (Å²) in [6.45, 7) is 0.499. The number of hydrogen-bond donors (Lipinski definition) is 2. The molecule has 0 aliphatic carbocycles. The van der Waals surface area contributed by atoms with Crippen molar-refractivity contribution in [2.45, 2.75) is 19.4 Å². The van der Waals surface area contributed by atoms with Gasteiger partial charge in [0.1, 0.15) is 18.1 Å². The van der Waals surface area contributed by atoms with E-state index in [4.69, 9.17) is 14.3 Å². The average Bonchev–Trinajstić information content (AvgIpc) is 3.12. The van der Waals surface area contributed by atoms with Crippen LogP contribution in [0.2, 0.25) is 0 Å². The Bertz CT molecular complexity index is 915. The van der Waals surface area contributed by atoms with Crippen LogP contribution < -0.4 is 10.1 Å². The molecule has 0 radical (unpaired) electrons. The van der Waals surface area contributed by atoms with Crippen LogP contribution in [0.3, 0.4) is 0 Å². The lowest BCUT2D eigenvalue weighted by Gasteiger charge is -2.06. The van der Waals surface area contributed by atoms with Gasteiger partial charge in [-0.05, 0) is 41.5 Å². The molecular weight excluding hydrogens is 334 g/mol. The van der Waals surface area contributed by atoms with Crippen molar-refractivity contribution in [1.82, 2.24) is 5.32 Å². The fourth-order valence-corrected chi connectivity index (χ4v) is 2.52. The molecule has 26 heavy (non-hydrogen) atoms. The topological polar surface area (TPSA) is 88.8 Å². The number of amides is 1. The average molecular weight is 353 g/mol. The molecule has 0 aliphatic heterocycles. The third kappa shape index (κ3) is 4.63. The van der Waals surface area contributed by atoms with Crippen LogP contribution in [-0.2, 0) is 11.4 Å². The molecule has 0 saturated heterocycles. The summed E-state index contributed by atoms with van der Waals surface area (Å²) in [5.74, 6) is 0.184. The Morgan fingerprint density at radius 1 is 1.04 bits per heavy atom. The lowest BCUT2D eigenvalue weighted by molar-refractivity contribution is -0.137. The second kappa shape index (κ2) is 8.20. The Hall–Kier alpha value is -3.28. The molecule has 0 unspecified atom stereocenters. The van der Waals surface area contributed by atoms with Crippen LogP contribution in [0.5, 0.6) is 5.75 Å². The highest BCUT2D eigenvalue weighted by Crippen LogP contribution is 2.21. The summed E-state index contributed by atoms with van der Waals surface area (Å²) >= 11 is 0. The molecule has 3 rings (SSSR count). The van der Waals surface area contributed by atoms with Gasteiger partial charge in [0.2, 0.25) is 0 Å². The minimum Gasteiger partial charge on any atom is -0.486 e. The van der Waals surface area contributed by atoms with E-state index in [0.29, 0.717) is 12.2 Å². The molecule has 0 saturated carbocycles. The second-order valence-electron chi connectivity index (χ2n) is 5.82. The van der Waals surface area contributed by atoms with E-state index in [1.54, 1.807) is 12.1 Å². The smallest absolute Gasteiger partial charge is 0.303 e. The predicted molar refractivity (Wildman–Crippen MR) is 96.2 cm³/mol. The van der Waals surface area contributed by atoms with Crippen LogP contribution >= 0.6 is 0 Å². The predicted octanol–water partition coefficient (Wildman–Crippen LogP) is 3.61. The van der Waals surface area contributed by atoms with E-state index in [-0.39, 0.29) is 31.2 Å². The Labute approximate surface area is 150 Å². The first-order valence-electron chi connectivity index (χ1n) is 8.32. The SMILES string of the molecule is O=C(O)CCCNC(=O)c1ccc(COc2ccc3ccccc3c2)o1. The molecule has 1 aromatic heterocycles. The van der Waals surface area contributed by atoms with E-state index in [1.807, 2.05) is 42.5 Å². The van der Waals surface area contributed by atoms with Crippen LogP contribution in [0, 0.1) is 0 Å². The highest BCUT2D eigenvalue weighted by atomic mass is 16.5. The molecule has 6 heteroatoms. The first-order chi connectivity index (χ1) is 12.6. The van der Waals surface area contributed by atoms with Crippen molar-refractivity contribution in [3.63, 3.8) is 0 Å². The Kier molecular flexibility index (Phi) is 5.53. The second-order valence-corrected chi connectivity index (χ2v) is 5.82. The summed E-state index contributed by atoms with van der Waals surface area (Å²) in [5.41, 5.74) is 0. The van der Waals surface area contributed by atoms with Crippen molar-refractivity contribution in [3.8, 4) is 5.75 Å². The molecular formula is C20H19NO5. The standard InChI is InChI=1S/C20H19NO5/c22-19(23)6-3-11-21-20(24)18-10-9-17(26-18)13-25-16-8-7-14-4-1-2-5-15(14)12-16/h1-2,4-5,7-10,12H,3,6,11,13H2,(H,21,24)(H,22,23). The fraction of sp³-hybridized carbons (Fsp3) is 0.200. The Morgan fingerprint density at radius 3 is 2.65 bits per heavy atom. The zero-order valence-corrected chi connectivity index (χ0v) is 14.1. The highest BCUT2D eigenvalue weighted by Gasteiger charge is 2.11. The molecule has 0 fully saturated rings. The molecule has 134 valence electrons. The molecule has 0 spiro atoms. The number of benzene rings is 2. The summed E-state index contributed by atoms with van der Waals surface area (Å²) in [7, 11) is 0. The number of furan rings is 1. The maximum absolute atomic E-state index is 11.9. The number of carboxylic acids is 1. The van der Waals surface area contributed by atoms with Crippen LogP contribution in [0.25, 0.3) is 10.8 Å². The van der Waals surface area contributed by atoms with Crippen LogP contribution in [0.4, 0.5) is 0 Å². The van der Waals surface area contributed by atoms with Crippen LogP contribution in [-0.4, -0.2) is 23.5 Å². The van der Waals surface area contributed by atoms with Crippen LogP contribution in [0.1, 0.15) is 29.2 Å². The maximum Gasteiger partial charge on any atom is 0.303 e. The number of carbonyl (C=O) groups excluding carboxylic acids is 1. The monoisotopic (exact) mass is 353 g/mol. The van der Waals surface area contributed by atoms with Gasteiger partial charge in [-0.1, -0.05) is 30.3 Å². The fourth-order valence-electron chi connectivity index (χ4n) is 2.52. The first-order valence-corrected chi connectivity index (χ1v) is 8.32. The molecule has 0 aliphatic rings. The van der Waals surface area contributed by atoms with Crippen molar-refractivity contribution < 1.29 is 23.8 Å². The van der Waals surface area contributed by atoms with Gasteiger partial charge in [0.05, 0.1) is 0 Å². The Morgan fingerprint density at radius 2 is 1.85 bits per heavy atom. The van der Waals surface area contributed by atoms with E-state index in [2.05, 4.69) is 5.32 Å². The van der Waals surface area contributed by atoms with Crippen molar-refractivity contribution >= 4 is 22.6 Å². The minimum absolute atomic E-state index is 0.0171. The largest absolute Gasteiger partial charge is 0.486 e. The quantitative estimate of drug-likeness (QED) is 0.604. The van der Waals surface area contributed by atoms with Crippen molar-refractivity contribution in [1.29, 1.82) is 0 Å². The molecule has 0 bridgehead atoms. The molecule has 1 amide bonds. The van der Waals surface area contributed by atoms with E-state index in [1.165, 1.54) is 0 Å². The molecule has 2 aromatic carbocycles. The number of hydrogen-bond acceptors (Lipinski definition) is 4. The highest BCUT2D eigenvalue weighted by molar-refractivity contribution is 5.91. The van der Waals surface area contributed by atoms with E-state index >= 15 is 0 Å². The lowest BCUT2D eigenvalue weighted by Crippen LogP contribution is -2.24. The van der Waals surface area contributed by atoms with Crippen LogP contribution in [0.15, 0.2) is 59.0 Å². The van der Waals surface area contributed by atoms with Gasteiger partial charge in [-0.25, -0.2) is 0 Å². The number of carbonyl (C=O) groups is 2. The summed E-state index contributed by atoms with van der Waals surface area (Å²) in [4.78, 5) is 22.4. The maximum atomic E-state index is 11.9. The molecule has 2 N–H and O–H groups in total. The zero-order chi connectivity index (χ0) is 18.4. The number of aliphatic carboxylic acids is 1. The zero-order valence-electron chi connectivity index (χ0n) is 14.1. The van der Waals surface area contributed by atoms with Gasteiger partial charge in [0, 0.05) is 13.0 Å². The van der Waals surface area contributed by atoms with Crippen molar-refractivity contribution in [2.24, 2.45) is 0 Å². The van der Waals surface area contributed by atoms with Gasteiger partial charge in [-0.3, -0.25) is 9.59 Å². The van der Waals surface area contributed by atoms with Gasteiger partial charge in [0.15, 0.2) is 5.76 Å². The molecule has 1 heterocycles. The molecule has 3 aromatic rings. The van der Waals surface area contributed by atoms with E-state index in [9.17, 15) is 9.59 Å². The number of fused-ring (bicyclic) bond motifs is 1. The van der Waals surface area contributed by atoms with Gasteiger partial charge in [0.25, 0.3) is 5.91 Å². The third-order valence-corrected chi connectivity index (χ3v) is 3.84. The molecule has 6 nitrogen and oxygen atoms in total. The lowest BCUT2D eigenvalue weighted by atomic mass is 10.1. The number of carboxylic acid groups (broad SMARTS) is 1. The summed E-state index contributed by atoms with van der Waals surface area (Å²) in [6, 6.07) is 17.1. The molecule has 0 atom stereocenters. The van der Waals surface area contributed by atoms with Gasteiger partial charge in [-0.15, -0.1) is 0 Å². The third-order valence-electron chi connectivity index (χ3n) is 3.84.